The zero-order valence-electron chi connectivity index (χ0n) is 18.9. The Bertz CT molecular complexity index is 1110. The summed E-state index contributed by atoms with van der Waals surface area (Å²) in [6.45, 7) is 5.07. The van der Waals surface area contributed by atoms with Crippen molar-refractivity contribution in [2.45, 2.75) is 33.4 Å². The lowest BCUT2D eigenvalue weighted by Crippen LogP contribution is -2.39. The fourth-order valence-electron chi connectivity index (χ4n) is 3.21. The maximum absolute atomic E-state index is 12.8. The third kappa shape index (κ3) is 6.25. The van der Waals surface area contributed by atoms with Gasteiger partial charge >= 0.3 is 12.1 Å². The quantitative estimate of drug-likeness (QED) is 0.502. The van der Waals surface area contributed by atoms with E-state index < -0.39 is 24.6 Å². The second-order valence-corrected chi connectivity index (χ2v) is 7.34. The molecule has 0 fully saturated rings. The maximum atomic E-state index is 12.8. The van der Waals surface area contributed by atoms with Crippen molar-refractivity contribution in [1.29, 1.82) is 0 Å². The molecule has 33 heavy (non-hydrogen) atoms. The summed E-state index contributed by atoms with van der Waals surface area (Å²) < 4.78 is 21.7. The van der Waals surface area contributed by atoms with Gasteiger partial charge in [-0.15, -0.1) is 0 Å². The number of oxazole rings is 1. The third-order valence-electron chi connectivity index (χ3n) is 4.99. The Morgan fingerprint density at radius 1 is 1.09 bits per heavy atom. The Kier molecular flexibility index (Phi) is 7.55. The number of carboxylic acids is 1. The average molecular weight is 454 g/mol. The monoisotopic (exact) mass is 454 g/mol. The van der Waals surface area contributed by atoms with Crippen LogP contribution in [0.1, 0.15) is 35.9 Å². The van der Waals surface area contributed by atoms with Gasteiger partial charge in [0.05, 0.1) is 13.2 Å². The summed E-state index contributed by atoms with van der Waals surface area (Å²) >= 11 is 0. The number of carboxylic acid groups (broad SMARTS) is 1. The molecule has 0 aliphatic heterocycles. The number of aliphatic carboxylic acids is 1. The van der Waals surface area contributed by atoms with Gasteiger partial charge in [-0.05, 0) is 43.7 Å². The van der Waals surface area contributed by atoms with E-state index in [1.807, 2.05) is 6.92 Å². The molecule has 2 aromatic carbocycles. The summed E-state index contributed by atoms with van der Waals surface area (Å²) in [5, 5.41) is 9.32. The number of hydrogen-bond donors (Lipinski definition) is 1. The molecule has 1 heterocycles. The zero-order valence-corrected chi connectivity index (χ0v) is 18.9. The van der Waals surface area contributed by atoms with Crippen molar-refractivity contribution in [3.63, 3.8) is 0 Å². The molecular weight excluding hydrogens is 428 g/mol. The van der Waals surface area contributed by atoms with Crippen LogP contribution in [0.15, 0.2) is 52.9 Å². The number of carbonyl (C=O) groups is 2. The van der Waals surface area contributed by atoms with Crippen LogP contribution in [0.25, 0.3) is 0 Å². The number of aromatic nitrogens is 1. The first-order valence-electron chi connectivity index (χ1n) is 10.3. The van der Waals surface area contributed by atoms with Crippen LogP contribution in [0.4, 0.5) is 4.79 Å². The van der Waals surface area contributed by atoms with Crippen LogP contribution in [0, 0.1) is 13.8 Å². The lowest BCUT2D eigenvalue weighted by atomic mass is 10.1. The molecule has 1 atom stereocenters. The summed E-state index contributed by atoms with van der Waals surface area (Å²) in [7, 11) is 1.50. The summed E-state index contributed by atoms with van der Waals surface area (Å²) in [5.74, 6) is 1.51. The van der Waals surface area contributed by atoms with E-state index in [0.717, 1.165) is 16.2 Å². The molecule has 3 rings (SSSR count). The predicted octanol–water partition coefficient (Wildman–Crippen LogP) is 4.53. The molecule has 1 N–H and O–H groups in total. The van der Waals surface area contributed by atoms with Crippen LogP contribution in [0.2, 0.25) is 0 Å². The molecule has 1 amide bonds. The van der Waals surface area contributed by atoms with E-state index in [2.05, 4.69) is 4.98 Å². The second-order valence-electron chi connectivity index (χ2n) is 7.34. The van der Waals surface area contributed by atoms with Gasteiger partial charge in [-0.3, -0.25) is 9.69 Å². The second kappa shape index (κ2) is 10.5. The Balaban J connectivity index is 1.70. The Morgan fingerprint density at radius 3 is 2.39 bits per heavy atom. The molecule has 0 spiro atoms. The first-order valence-corrected chi connectivity index (χ1v) is 10.3. The number of nitrogens with zero attached hydrogens (tertiary/aromatic N) is 2. The summed E-state index contributed by atoms with van der Waals surface area (Å²) in [6.07, 6.45) is -0.782. The number of ether oxygens (including phenoxy) is 3. The molecule has 9 heteroatoms. The van der Waals surface area contributed by atoms with Crippen molar-refractivity contribution in [2.24, 2.45) is 0 Å². The number of rotatable bonds is 9. The standard InChI is InChI=1S/C24H26N2O7/c1-15(18-8-10-19(11-9-18)31-14-22-16(2)32-17(3)25-22)26(13-23(27)28)24(29)33-21-7-5-6-20(12-21)30-4/h5-12,15H,13-14H2,1-4H3,(H,27,28). The van der Waals surface area contributed by atoms with E-state index in [4.69, 9.17) is 18.6 Å². The van der Waals surface area contributed by atoms with Crippen molar-refractivity contribution in [3.05, 3.63) is 71.4 Å². The molecule has 0 radical (unpaired) electrons. The molecule has 1 unspecified atom stereocenters. The van der Waals surface area contributed by atoms with Gasteiger partial charge in [-0.25, -0.2) is 9.78 Å². The Hall–Kier alpha value is -4.01. The molecule has 0 aliphatic rings. The topological polar surface area (TPSA) is 111 Å². The lowest BCUT2D eigenvalue weighted by Gasteiger charge is -2.27. The molecule has 0 aliphatic carbocycles. The van der Waals surface area contributed by atoms with Gasteiger partial charge in [0, 0.05) is 13.0 Å². The summed E-state index contributed by atoms with van der Waals surface area (Å²) in [4.78, 5) is 29.6. The molecule has 9 nitrogen and oxygen atoms in total. The Labute approximate surface area is 191 Å². The fraction of sp³-hybridized carbons (Fsp3) is 0.292. The van der Waals surface area contributed by atoms with Crippen molar-refractivity contribution in [3.8, 4) is 17.2 Å². The first kappa shape index (κ1) is 23.6. The van der Waals surface area contributed by atoms with Gasteiger partial charge in [0.1, 0.15) is 41.9 Å². The molecule has 0 saturated carbocycles. The predicted molar refractivity (Wildman–Crippen MR) is 119 cm³/mol. The van der Waals surface area contributed by atoms with Gasteiger partial charge in [-0.1, -0.05) is 18.2 Å². The molecular formula is C24H26N2O7. The highest BCUT2D eigenvalue weighted by Crippen LogP contribution is 2.26. The van der Waals surface area contributed by atoms with Crippen molar-refractivity contribution < 1.29 is 33.3 Å². The van der Waals surface area contributed by atoms with Crippen LogP contribution >= 0.6 is 0 Å². The fourth-order valence-corrected chi connectivity index (χ4v) is 3.21. The number of aryl methyl sites for hydroxylation is 2. The van der Waals surface area contributed by atoms with Crippen LogP contribution in [-0.2, 0) is 11.4 Å². The van der Waals surface area contributed by atoms with E-state index in [0.29, 0.717) is 23.1 Å². The smallest absolute Gasteiger partial charge is 0.416 e. The molecule has 0 bridgehead atoms. The van der Waals surface area contributed by atoms with E-state index >= 15 is 0 Å². The van der Waals surface area contributed by atoms with Gasteiger partial charge in [0.25, 0.3) is 0 Å². The van der Waals surface area contributed by atoms with E-state index in [1.165, 1.54) is 7.11 Å². The number of amides is 1. The third-order valence-corrected chi connectivity index (χ3v) is 4.99. The first-order chi connectivity index (χ1) is 15.8. The lowest BCUT2D eigenvalue weighted by molar-refractivity contribution is -0.138. The minimum absolute atomic E-state index is 0.254. The van der Waals surface area contributed by atoms with E-state index in [-0.39, 0.29) is 12.4 Å². The van der Waals surface area contributed by atoms with Gasteiger partial charge in [0.15, 0.2) is 5.89 Å². The van der Waals surface area contributed by atoms with Crippen LogP contribution in [0.3, 0.4) is 0 Å². The average Bonchev–Trinajstić information content (AvgIpc) is 3.12. The minimum Gasteiger partial charge on any atom is -0.497 e. The van der Waals surface area contributed by atoms with Crippen molar-refractivity contribution in [1.82, 2.24) is 9.88 Å². The SMILES string of the molecule is COc1cccc(OC(=O)N(CC(=O)O)C(C)c2ccc(OCc3nc(C)oc3C)cc2)c1. The number of hydrogen-bond acceptors (Lipinski definition) is 7. The van der Waals surface area contributed by atoms with Crippen LogP contribution < -0.4 is 14.2 Å². The number of methoxy groups -OCH3 is 1. The van der Waals surface area contributed by atoms with Gasteiger partial charge in [0.2, 0.25) is 0 Å². The van der Waals surface area contributed by atoms with E-state index in [1.54, 1.807) is 62.4 Å². The van der Waals surface area contributed by atoms with Crippen molar-refractivity contribution in [2.75, 3.05) is 13.7 Å². The molecule has 3 aromatic rings. The Morgan fingerprint density at radius 2 is 1.79 bits per heavy atom. The van der Waals surface area contributed by atoms with Crippen LogP contribution in [-0.4, -0.2) is 40.7 Å². The highest BCUT2D eigenvalue weighted by molar-refractivity contribution is 5.78. The van der Waals surface area contributed by atoms with Crippen LogP contribution in [0.5, 0.6) is 17.2 Å². The largest absolute Gasteiger partial charge is 0.497 e. The maximum Gasteiger partial charge on any atom is 0.416 e. The van der Waals surface area contributed by atoms with Crippen molar-refractivity contribution >= 4 is 12.1 Å². The van der Waals surface area contributed by atoms with Gasteiger partial charge < -0.3 is 23.7 Å². The number of benzene rings is 2. The molecule has 0 saturated heterocycles. The normalized spacial score (nSPS) is 11.5. The minimum atomic E-state index is -1.15. The molecule has 1 aromatic heterocycles. The summed E-state index contributed by atoms with van der Waals surface area (Å²) in [6, 6.07) is 13.0. The van der Waals surface area contributed by atoms with E-state index in [9.17, 15) is 14.7 Å². The highest BCUT2D eigenvalue weighted by atomic mass is 16.6. The van der Waals surface area contributed by atoms with Gasteiger partial charge in [-0.2, -0.15) is 0 Å². The summed E-state index contributed by atoms with van der Waals surface area (Å²) in [5.41, 5.74) is 1.44. The molecule has 174 valence electrons. The number of carbonyl (C=O) groups excluding carboxylic acids is 1. The zero-order chi connectivity index (χ0) is 24.0. The highest BCUT2D eigenvalue weighted by Gasteiger charge is 2.26.